The van der Waals surface area contributed by atoms with Crippen molar-refractivity contribution in [1.29, 1.82) is 0 Å². The smallest absolute Gasteiger partial charge is 0.417 e. The van der Waals surface area contributed by atoms with Crippen LogP contribution in [0.1, 0.15) is 15.9 Å². The molecule has 0 saturated carbocycles. The third kappa shape index (κ3) is 3.81. The van der Waals surface area contributed by atoms with Gasteiger partial charge < -0.3 is 5.11 Å². The van der Waals surface area contributed by atoms with Crippen molar-refractivity contribution < 1.29 is 31.5 Å². The maximum atomic E-state index is 12.9. The van der Waals surface area contributed by atoms with E-state index in [1.165, 1.54) is 12.1 Å². The maximum Gasteiger partial charge on any atom is 0.417 e. The van der Waals surface area contributed by atoms with Crippen LogP contribution in [0.3, 0.4) is 0 Å². The van der Waals surface area contributed by atoms with Gasteiger partial charge in [-0.25, -0.2) is 13.2 Å². The molecule has 0 fully saturated rings. The van der Waals surface area contributed by atoms with Gasteiger partial charge >= 0.3 is 12.1 Å². The lowest BCUT2D eigenvalue weighted by Gasteiger charge is -2.13. The Labute approximate surface area is 129 Å². The molecule has 0 atom stereocenters. The van der Waals surface area contributed by atoms with Crippen molar-refractivity contribution in [1.82, 2.24) is 0 Å². The molecule has 2 N–H and O–H groups in total. The summed E-state index contributed by atoms with van der Waals surface area (Å²) in [5.74, 6) is -1.79. The average molecular weight is 345 g/mol. The average Bonchev–Trinajstić information content (AvgIpc) is 2.46. The number of benzene rings is 2. The predicted molar refractivity (Wildman–Crippen MR) is 75.7 cm³/mol. The van der Waals surface area contributed by atoms with Crippen LogP contribution in [0.4, 0.5) is 18.9 Å². The zero-order chi connectivity index (χ0) is 17.3. The summed E-state index contributed by atoms with van der Waals surface area (Å²) in [7, 11) is -4.28. The molecule has 122 valence electrons. The molecule has 0 aliphatic heterocycles. The molecular weight excluding hydrogens is 335 g/mol. The molecule has 9 heteroatoms. The van der Waals surface area contributed by atoms with Crippen molar-refractivity contribution in [2.75, 3.05) is 4.72 Å². The van der Waals surface area contributed by atoms with Crippen LogP contribution in [0.15, 0.2) is 53.4 Å². The molecule has 2 aromatic carbocycles. The Balaban J connectivity index is 2.49. The zero-order valence-corrected chi connectivity index (χ0v) is 12.1. The third-order valence-electron chi connectivity index (χ3n) is 2.86. The van der Waals surface area contributed by atoms with E-state index >= 15 is 0 Å². The first-order valence-corrected chi connectivity index (χ1v) is 7.62. The normalized spacial score (nSPS) is 12.0. The first-order chi connectivity index (χ1) is 10.6. The van der Waals surface area contributed by atoms with E-state index in [2.05, 4.69) is 4.72 Å². The summed E-state index contributed by atoms with van der Waals surface area (Å²) in [4.78, 5) is 10.2. The fourth-order valence-electron chi connectivity index (χ4n) is 1.83. The van der Waals surface area contributed by atoms with E-state index in [1.54, 1.807) is 18.2 Å². The highest BCUT2D eigenvalue weighted by atomic mass is 32.2. The number of carboxylic acids is 1. The lowest BCUT2D eigenvalue weighted by atomic mass is 10.1. The number of rotatable bonds is 4. The summed E-state index contributed by atoms with van der Waals surface area (Å²) in [5, 5.41) is 8.79. The molecule has 0 bridgehead atoms. The summed E-state index contributed by atoms with van der Waals surface area (Å²) >= 11 is 0. The molecule has 0 aliphatic carbocycles. The highest BCUT2D eigenvalue weighted by molar-refractivity contribution is 7.92. The second-order valence-corrected chi connectivity index (χ2v) is 6.16. The summed E-state index contributed by atoms with van der Waals surface area (Å²) in [6.45, 7) is 0. The fourth-order valence-corrected chi connectivity index (χ4v) is 2.92. The molecule has 0 aromatic heterocycles. The van der Waals surface area contributed by atoms with Gasteiger partial charge in [0.25, 0.3) is 10.0 Å². The van der Waals surface area contributed by atoms with Crippen molar-refractivity contribution >= 4 is 21.7 Å². The van der Waals surface area contributed by atoms with E-state index in [-0.39, 0.29) is 5.69 Å². The molecule has 0 aliphatic rings. The third-order valence-corrected chi connectivity index (χ3v) is 4.24. The van der Waals surface area contributed by atoms with Crippen LogP contribution in [0.2, 0.25) is 0 Å². The first-order valence-electron chi connectivity index (χ1n) is 6.13. The monoisotopic (exact) mass is 345 g/mol. The van der Waals surface area contributed by atoms with Crippen LogP contribution in [0, 0.1) is 0 Å². The van der Waals surface area contributed by atoms with Gasteiger partial charge in [-0.1, -0.05) is 18.2 Å². The standard InChI is InChI=1S/C14H10F3NO4S/c15-14(16,17)12-8-10(6-7-11(12)13(19)20)23(21,22)18-9-4-2-1-3-5-9/h1-8,18H,(H,19,20). The fraction of sp³-hybridized carbons (Fsp3) is 0.0714. The minimum Gasteiger partial charge on any atom is -0.478 e. The molecule has 5 nitrogen and oxygen atoms in total. The maximum absolute atomic E-state index is 12.9. The van der Waals surface area contributed by atoms with Crippen LogP contribution in [-0.4, -0.2) is 19.5 Å². The summed E-state index contributed by atoms with van der Waals surface area (Å²) in [6, 6.07) is 9.31. The first kappa shape index (κ1) is 16.8. The highest BCUT2D eigenvalue weighted by Crippen LogP contribution is 2.34. The molecule has 0 spiro atoms. The number of halogens is 3. The van der Waals surface area contributed by atoms with Crippen molar-refractivity contribution in [2.24, 2.45) is 0 Å². The number of hydrogen-bond acceptors (Lipinski definition) is 3. The van der Waals surface area contributed by atoms with Crippen LogP contribution in [0.5, 0.6) is 0 Å². The number of carbonyl (C=O) groups is 1. The van der Waals surface area contributed by atoms with E-state index in [0.29, 0.717) is 12.1 Å². The molecular formula is C14H10F3NO4S. The number of sulfonamides is 1. The second-order valence-electron chi connectivity index (χ2n) is 4.48. The van der Waals surface area contributed by atoms with Crippen LogP contribution in [-0.2, 0) is 16.2 Å². The Morgan fingerprint density at radius 1 is 1.04 bits per heavy atom. The molecule has 0 heterocycles. The minimum atomic E-state index is -4.99. The number of anilines is 1. The van der Waals surface area contributed by atoms with Gasteiger partial charge in [-0.05, 0) is 30.3 Å². The topological polar surface area (TPSA) is 83.5 Å². The summed E-state index contributed by atoms with van der Waals surface area (Å²) in [5.41, 5.74) is -2.37. The number of hydrogen-bond donors (Lipinski definition) is 2. The van der Waals surface area contributed by atoms with Crippen molar-refractivity contribution in [3.05, 3.63) is 59.7 Å². The van der Waals surface area contributed by atoms with E-state index in [0.717, 1.165) is 6.07 Å². The van der Waals surface area contributed by atoms with Gasteiger partial charge in [0.1, 0.15) is 0 Å². The van der Waals surface area contributed by atoms with Crippen molar-refractivity contribution in [3.63, 3.8) is 0 Å². The van der Waals surface area contributed by atoms with Gasteiger partial charge in [-0.3, -0.25) is 4.72 Å². The Bertz CT molecular complexity index is 833. The van der Waals surface area contributed by atoms with Crippen molar-refractivity contribution in [3.8, 4) is 0 Å². The predicted octanol–water partition coefficient (Wildman–Crippen LogP) is 3.20. The van der Waals surface area contributed by atoms with Crippen LogP contribution >= 0.6 is 0 Å². The molecule has 0 saturated heterocycles. The van der Waals surface area contributed by atoms with E-state index in [9.17, 15) is 26.4 Å². The Kier molecular flexibility index (Phi) is 4.33. The van der Waals surface area contributed by atoms with Crippen molar-refractivity contribution in [2.45, 2.75) is 11.1 Å². The summed E-state index contributed by atoms with van der Waals surface area (Å²) in [6.07, 6.45) is -4.99. The lowest BCUT2D eigenvalue weighted by Crippen LogP contribution is -2.17. The highest BCUT2D eigenvalue weighted by Gasteiger charge is 2.36. The summed E-state index contributed by atoms with van der Waals surface area (Å²) < 4.78 is 65.2. The molecule has 23 heavy (non-hydrogen) atoms. The second kappa shape index (κ2) is 5.92. The quantitative estimate of drug-likeness (QED) is 0.891. The molecule has 0 unspecified atom stereocenters. The molecule has 0 radical (unpaired) electrons. The van der Waals surface area contributed by atoms with Crippen LogP contribution in [0.25, 0.3) is 0 Å². The number of carboxylic acid groups (broad SMARTS) is 1. The van der Waals surface area contributed by atoms with Gasteiger partial charge in [-0.15, -0.1) is 0 Å². The lowest BCUT2D eigenvalue weighted by molar-refractivity contribution is -0.138. The van der Waals surface area contributed by atoms with Gasteiger partial charge in [0.05, 0.1) is 16.0 Å². The van der Waals surface area contributed by atoms with Gasteiger partial charge in [0.15, 0.2) is 0 Å². The van der Waals surface area contributed by atoms with E-state index in [1.807, 2.05) is 0 Å². The van der Waals surface area contributed by atoms with E-state index < -0.39 is 38.2 Å². The minimum absolute atomic E-state index is 0.170. The molecule has 2 rings (SSSR count). The van der Waals surface area contributed by atoms with Gasteiger partial charge in [0.2, 0.25) is 0 Å². The Morgan fingerprint density at radius 2 is 1.65 bits per heavy atom. The van der Waals surface area contributed by atoms with Gasteiger partial charge in [0, 0.05) is 5.69 Å². The largest absolute Gasteiger partial charge is 0.478 e. The zero-order valence-electron chi connectivity index (χ0n) is 11.3. The number of nitrogens with one attached hydrogen (secondary N) is 1. The van der Waals surface area contributed by atoms with Gasteiger partial charge in [-0.2, -0.15) is 13.2 Å². The molecule has 2 aromatic rings. The number of alkyl halides is 3. The molecule has 0 amide bonds. The van der Waals surface area contributed by atoms with E-state index in [4.69, 9.17) is 5.11 Å². The number of aromatic carboxylic acids is 1. The van der Waals surface area contributed by atoms with Crippen LogP contribution < -0.4 is 4.72 Å². The Morgan fingerprint density at radius 3 is 2.17 bits per heavy atom. The Hall–Kier alpha value is -2.55. The number of para-hydroxylation sites is 1. The SMILES string of the molecule is O=C(O)c1ccc(S(=O)(=O)Nc2ccccc2)cc1C(F)(F)F.